The second-order valence-electron chi connectivity index (χ2n) is 5.12. The van der Waals surface area contributed by atoms with Crippen LogP contribution in [0.15, 0.2) is 0 Å². The smallest absolute Gasteiger partial charge is 0.262 e. The molecule has 0 bridgehead atoms. The molecular formula is C11H20ClF2N3O3S. The molecule has 1 amide bonds. The Morgan fingerprint density at radius 2 is 1.86 bits per heavy atom. The predicted octanol–water partition coefficient (Wildman–Crippen LogP) is -0.101. The number of alkyl halides is 2. The van der Waals surface area contributed by atoms with Crippen LogP contribution in [0.2, 0.25) is 0 Å². The van der Waals surface area contributed by atoms with E-state index < -0.39 is 35.0 Å². The van der Waals surface area contributed by atoms with E-state index in [1.165, 1.54) is 9.21 Å². The summed E-state index contributed by atoms with van der Waals surface area (Å²) >= 11 is 0. The lowest BCUT2D eigenvalue weighted by Gasteiger charge is -2.35. The molecular weight excluding hydrogens is 328 g/mol. The summed E-state index contributed by atoms with van der Waals surface area (Å²) in [5.74, 6) is -3.18. The van der Waals surface area contributed by atoms with Crippen molar-refractivity contribution >= 4 is 28.3 Å². The maximum Gasteiger partial charge on any atom is 0.262 e. The highest BCUT2D eigenvalue weighted by Crippen LogP contribution is 2.26. The minimum Gasteiger partial charge on any atom is -0.339 e. The van der Waals surface area contributed by atoms with Crippen molar-refractivity contribution in [1.29, 1.82) is 0 Å². The van der Waals surface area contributed by atoms with Gasteiger partial charge in [-0.05, 0) is 6.92 Å². The van der Waals surface area contributed by atoms with Gasteiger partial charge in [-0.3, -0.25) is 10.1 Å². The van der Waals surface area contributed by atoms with Gasteiger partial charge in [-0.2, -0.15) is 4.31 Å². The molecule has 2 aliphatic heterocycles. The lowest BCUT2D eigenvalue weighted by atomic mass is 10.1. The zero-order chi connectivity index (χ0) is 15.0. The number of carbonyl (C=O) groups excluding carboxylic acids is 1. The van der Waals surface area contributed by atoms with Gasteiger partial charge in [0.05, 0.1) is 18.3 Å². The maximum atomic E-state index is 13.1. The summed E-state index contributed by atoms with van der Waals surface area (Å²) in [7, 11) is -3.25. The second kappa shape index (κ2) is 6.72. The number of carbonyl (C=O) groups is 1. The average Bonchev–Trinajstić information content (AvgIpc) is 2.78. The number of halogens is 3. The molecule has 0 aliphatic carbocycles. The van der Waals surface area contributed by atoms with E-state index >= 15 is 0 Å². The van der Waals surface area contributed by atoms with E-state index in [2.05, 4.69) is 5.32 Å². The quantitative estimate of drug-likeness (QED) is 0.774. The molecule has 2 saturated heterocycles. The third-order valence-electron chi connectivity index (χ3n) is 3.72. The molecule has 6 nitrogen and oxygen atoms in total. The Balaban J connectivity index is 0.00000220. The Labute approximate surface area is 129 Å². The molecule has 124 valence electrons. The molecule has 2 fully saturated rings. The molecule has 1 unspecified atom stereocenters. The Kier molecular flexibility index (Phi) is 5.93. The molecule has 21 heavy (non-hydrogen) atoms. The van der Waals surface area contributed by atoms with Crippen LogP contribution in [-0.4, -0.2) is 74.0 Å². The Morgan fingerprint density at radius 1 is 1.29 bits per heavy atom. The first-order valence-electron chi connectivity index (χ1n) is 6.63. The van der Waals surface area contributed by atoms with E-state index in [1.807, 2.05) is 0 Å². The first-order valence-corrected chi connectivity index (χ1v) is 8.24. The van der Waals surface area contributed by atoms with Gasteiger partial charge in [0.1, 0.15) is 0 Å². The predicted molar refractivity (Wildman–Crippen MR) is 76.2 cm³/mol. The largest absolute Gasteiger partial charge is 0.339 e. The zero-order valence-corrected chi connectivity index (χ0v) is 13.4. The molecule has 1 atom stereocenters. The minimum absolute atomic E-state index is 0. The number of hydrogen-bond donors (Lipinski definition) is 1. The summed E-state index contributed by atoms with van der Waals surface area (Å²) < 4.78 is 50.8. The summed E-state index contributed by atoms with van der Waals surface area (Å²) in [6.07, 6.45) is -0.487. The molecule has 0 aromatic rings. The molecule has 10 heteroatoms. The van der Waals surface area contributed by atoms with Crippen LogP contribution in [-0.2, 0) is 14.8 Å². The van der Waals surface area contributed by atoms with Crippen LogP contribution in [0.25, 0.3) is 0 Å². The summed E-state index contributed by atoms with van der Waals surface area (Å²) in [5.41, 5.74) is 0. The van der Waals surface area contributed by atoms with Crippen molar-refractivity contribution in [3.05, 3.63) is 0 Å². The van der Waals surface area contributed by atoms with E-state index in [-0.39, 0.29) is 50.2 Å². The molecule has 2 heterocycles. The number of sulfonamides is 1. The summed E-state index contributed by atoms with van der Waals surface area (Å²) in [6.45, 7) is 2.05. The van der Waals surface area contributed by atoms with Crippen molar-refractivity contribution in [1.82, 2.24) is 14.5 Å². The van der Waals surface area contributed by atoms with Gasteiger partial charge in [-0.25, -0.2) is 17.2 Å². The van der Waals surface area contributed by atoms with Crippen LogP contribution in [0.3, 0.4) is 0 Å². The van der Waals surface area contributed by atoms with Crippen molar-refractivity contribution in [2.45, 2.75) is 25.3 Å². The van der Waals surface area contributed by atoms with Crippen molar-refractivity contribution in [3.63, 3.8) is 0 Å². The van der Waals surface area contributed by atoms with Gasteiger partial charge < -0.3 is 4.90 Å². The van der Waals surface area contributed by atoms with E-state index in [0.29, 0.717) is 0 Å². The Hall–Kier alpha value is -0.510. The fourth-order valence-corrected chi connectivity index (χ4v) is 3.56. The topological polar surface area (TPSA) is 69.7 Å². The van der Waals surface area contributed by atoms with Gasteiger partial charge in [0, 0.05) is 32.6 Å². The van der Waals surface area contributed by atoms with Gasteiger partial charge in [-0.1, -0.05) is 0 Å². The highest BCUT2D eigenvalue weighted by atomic mass is 35.5. The molecule has 0 spiro atoms. The van der Waals surface area contributed by atoms with Crippen LogP contribution in [0, 0.1) is 0 Å². The van der Waals surface area contributed by atoms with Crippen LogP contribution < -0.4 is 5.32 Å². The van der Waals surface area contributed by atoms with Gasteiger partial charge in [0.2, 0.25) is 15.9 Å². The van der Waals surface area contributed by atoms with Gasteiger partial charge in [0.15, 0.2) is 0 Å². The van der Waals surface area contributed by atoms with E-state index in [0.717, 1.165) is 0 Å². The summed E-state index contributed by atoms with van der Waals surface area (Å²) in [5, 5.41) is 2.52. The van der Waals surface area contributed by atoms with Gasteiger partial charge in [-0.15, -0.1) is 12.4 Å². The lowest BCUT2D eigenvalue weighted by Crippen LogP contribution is -2.54. The summed E-state index contributed by atoms with van der Waals surface area (Å²) in [6, 6.07) is -0.862. The first kappa shape index (κ1) is 18.5. The van der Waals surface area contributed by atoms with Crippen LogP contribution >= 0.6 is 12.4 Å². The minimum atomic E-state index is -3.25. The molecule has 0 aromatic heterocycles. The monoisotopic (exact) mass is 347 g/mol. The fourth-order valence-electron chi connectivity index (χ4n) is 2.48. The van der Waals surface area contributed by atoms with Crippen LogP contribution in [0.1, 0.15) is 13.3 Å². The number of nitrogens with zero attached hydrogens (tertiary/aromatic N) is 2. The molecule has 0 radical (unpaired) electrons. The number of nitrogens with one attached hydrogen (secondary N) is 1. The normalized spacial score (nSPS) is 26.4. The third kappa shape index (κ3) is 4.24. The van der Waals surface area contributed by atoms with Crippen molar-refractivity contribution in [2.24, 2.45) is 0 Å². The van der Waals surface area contributed by atoms with E-state index in [1.54, 1.807) is 6.92 Å². The van der Waals surface area contributed by atoms with Gasteiger partial charge in [0.25, 0.3) is 5.92 Å². The highest BCUT2D eigenvalue weighted by molar-refractivity contribution is 7.89. The van der Waals surface area contributed by atoms with Crippen LogP contribution in [0.4, 0.5) is 8.78 Å². The van der Waals surface area contributed by atoms with E-state index in [9.17, 15) is 22.0 Å². The number of piperazine rings is 1. The molecule has 0 aromatic carbocycles. The summed E-state index contributed by atoms with van der Waals surface area (Å²) in [4.78, 5) is 13.5. The number of amides is 1. The Morgan fingerprint density at radius 3 is 2.29 bits per heavy atom. The van der Waals surface area contributed by atoms with Gasteiger partial charge >= 0.3 is 0 Å². The average molecular weight is 348 g/mol. The second-order valence-corrected chi connectivity index (χ2v) is 7.38. The molecule has 0 saturated carbocycles. The molecule has 2 aliphatic rings. The van der Waals surface area contributed by atoms with Crippen molar-refractivity contribution in [3.8, 4) is 0 Å². The van der Waals surface area contributed by atoms with E-state index in [4.69, 9.17) is 0 Å². The SMILES string of the molecule is CCS(=O)(=O)N1CCN(C(=O)C2CC(F)(F)CN2)CC1.Cl. The fraction of sp³-hybridized carbons (Fsp3) is 0.909. The third-order valence-corrected chi connectivity index (χ3v) is 5.60. The van der Waals surface area contributed by atoms with Crippen LogP contribution in [0.5, 0.6) is 0 Å². The first-order chi connectivity index (χ1) is 9.25. The number of hydrogen-bond acceptors (Lipinski definition) is 4. The van der Waals surface area contributed by atoms with Crippen molar-refractivity contribution in [2.75, 3.05) is 38.5 Å². The lowest BCUT2D eigenvalue weighted by molar-refractivity contribution is -0.134. The Bertz CT molecular complexity index is 481. The maximum absolute atomic E-state index is 13.1. The zero-order valence-electron chi connectivity index (χ0n) is 11.7. The molecule has 2 rings (SSSR count). The van der Waals surface area contributed by atoms with Crippen molar-refractivity contribution < 1.29 is 22.0 Å². The molecule has 1 N–H and O–H groups in total. The highest BCUT2D eigenvalue weighted by Gasteiger charge is 2.44. The standard InChI is InChI=1S/C11H19F2N3O3S.ClH/c1-2-20(18,19)16-5-3-15(4-6-16)10(17)9-7-11(12,13)8-14-9;/h9,14H,2-8H2,1H3;1H. The number of rotatable bonds is 3.